The fourth-order valence-corrected chi connectivity index (χ4v) is 3.50. The van der Waals surface area contributed by atoms with Crippen molar-refractivity contribution >= 4 is 12.0 Å². The average Bonchev–Trinajstić information content (AvgIpc) is 2.78. The van der Waals surface area contributed by atoms with Crippen molar-refractivity contribution < 1.29 is 14.3 Å². The van der Waals surface area contributed by atoms with Crippen LogP contribution in [0.1, 0.15) is 24.5 Å². The largest absolute Gasteiger partial charge is 0.445 e. The van der Waals surface area contributed by atoms with E-state index in [1.807, 2.05) is 65.6 Å². The fraction of sp³-hybridized carbons (Fsp3) is 0.391. The first-order chi connectivity index (χ1) is 14.2. The van der Waals surface area contributed by atoms with Crippen LogP contribution in [0.2, 0.25) is 0 Å². The lowest BCUT2D eigenvalue weighted by molar-refractivity contribution is -0.137. The monoisotopic (exact) mass is 395 g/mol. The summed E-state index contributed by atoms with van der Waals surface area (Å²) < 4.78 is 5.49. The van der Waals surface area contributed by atoms with Gasteiger partial charge in [-0.1, -0.05) is 67.6 Å². The second-order valence-corrected chi connectivity index (χ2v) is 7.20. The maximum absolute atomic E-state index is 13.3. The molecule has 154 valence electrons. The van der Waals surface area contributed by atoms with E-state index in [9.17, 15) is 9.59 Å². The van der Waals surface area contributed by atoms with Gasteiger partial charge < -0.3 is 15.0 Å². The molecule has 1 heterocycles. The molecule has 2 amide bonds. The first kappa shape index (κ1) is 20.9. The molecular weight excluding hydrogens is 366 g/mol. The van der Waals surface area contributed by atoms with Crippen LogP contribution in [0.3, 0.4) is 0 Å². The van der Waals surface area contributed by atoms with Crippen molar-refractivity contribution in [3.63, 3.8) is 0 Å². The van der Waals surface area contributed by atoms with Gasteiger partial charge in [-0.25, -0.2) is 4.79 Å². The number of hydrogen-bond donors (Lipinski definition) is 1. The van der Waals surface area contributed by atoms with Crippen molar-refractivity contribution in [3.8, 4) is 0 Å². The molecule has 0 aromatic heterocycles. The van der Waals surface area contributed by atoms with Gasteiger partial charge in [-0.2, -0.15) is 0 Å². The first-order valence-corrected chi connectivity index (χ1v) is 10.2. The molecule has 1 saturated heterocycles. The number of nitrogens with one attached hydrogen (secondary N) is 1. The summed E-state index contributed by atoms with van der Waals surface area (Å²) in [7, 11) is 0. The summed E-state index contributed by atoms with van der Waals surface area (Å²) in [5.74, 6) is -0.0421. The molecule has 2 aromatic carbocycles. The number of benzene rings is 2. The topological polar surface area (TPSA) is 61.9 Å². The van der Waals surface area contributed by atoms with Crippen LogP contribution in [0, 0.1) is 0 Å². The Morgan fingerprint density at radius 1 is 1.07 bits per heavy atom. The van der Waals surface area contributed by atoms with Gasteiger partial charge in [0.25, 0.3) is 0 Å². The van der Waals surface area contributed by atoms with Gasteiger partial charge in [-0.15, -0.1) is 0 Å². The highest BCUT2D eigenvalue weighted by Gasteiger charge is 2.35. The minimum Gasteiger partial charge on any atom is -0.445 e. The number of amides is 2. The van der Waals surface area contributed by atoms with E-state index in [1.165, 1.54) is 0 Å². The van der Waals surface area contributed by atoms with E-state index in [4.69, 9.17) is 4.74 Å². The first-order valence-electron chi connectivity index (χ1n) is 10.2. The van der Waals surface area contributed by atoms with E-state index < -0.39 is 12.1 Å². The summed E-state index contributed by atoms with van der Waals surface area (Å²) in [6.45, 7) is 4.98. The number of carbonyl (C=O) groups excluding carboxylic acids is 2. The Morgan fingerprint density at radius 2 is 1.72 bits per heavy atom. The number of piperazine rings is 1. The van der Waals surface area contributed by atoms with Crippen molar-refractivity contribution in [3.05, 3.63) is 71.8 Å². The lowest BCUT2D eigenvalue weighted by atomic mass is 10.1. The van der Waals surface area contributed by atoms with Gasteiger partial charge in [0.05, 0.1) is 0 Å². The zero-order valence-electron chi connectivity index (χ0n) is 16.9. The number of carbonyl (C=O) groups is 2. The third kappa shape index (κ3) is 5.81. The Morgan fingerprint density at radius 3 is 2.38 bits per heavy atom. The molecule has 6 nitrogen and oxygen atoms in total. The molecule has 0 radical (unpaired) electrons. The predicted molar refractivity (Wildman–Crippen MR) is 112 cm³/mol. The van der Waals surface area contributed by atoms with Crippen molar-refractivity contribution in [2.75, 3.05) is 26.2 Å². The minimum absolute atomic E-state index is 0.0421. The normalized spacial score (nSPS) is 16.3. The van der Waals surface area contributed by atoms with Crippen LogP contribution in [-0.2, 0) is 22.7 Å². The number of hydrogen-bond acceptors (Lipinski definition) is 4. The molecule has 1 aliphatic rings. The highest BCUT2D eigenvalue weighted by molar-refractivity contribution is 5.86. The molecule has 1 unspecified atom stereocenters. The van der Waals surface area contributed by atoms with Gasteiger partial charge in [0.1, 0.15) is 12.6 Å². The third-order valence-corrected chi connectivity index (χ3v) is 4.99. The molecule has 0 aliphatic carbocycles. The summed E-state index contributed by atoms with van der Waals surface area (Å²) in [6.07, 6.45) is 0.418. The molecule has 3 rings (SSSR count). The number of ether oxygens (including phenoxy) is 1. The molecule has 6 heteroatoms. The van der Waals surface area contributed by atoms with Gasteiger partial charge in [-0.3, -0.25) is 9.69 Å². The van der Waals surface area contributed by atoms with E-state index in [0.717, 1.165) is 17.5 Å². The van der Waals surface area contributed by atoms with Crippen molar-refractivity contribution in [1.82, 2.24) is 15.1 Å². The second kappa shape index (κ2) is 10.6. The molecule has 1 fully saturated rings. The summed E-state index contributed by atoms with van der Waals surface area (Å²) in [4.78, 5) is 29.5. The quantitative estimate of drug-likeness (QED) is 0.783. The molecule has 1 N–H and O–H groups in total. The Balaban J connectivity index is 1.67. The van der Waals surface area contributed by atoms with E-state index in [1.54, 1.807) is 4.90 Å². The summed E-state index contributed by atoms with van der Waals surface area (Å²) in [6, 6.07) is 18.9. The van der Waals surface area contributed by atoms with Gasteiger partial charge in [0.2, 0.25) is 5.91 Å². The van der Waals surface area contributed by atoms with Crippen LogP contribution in [-0.4, -0.2) is 54.0 Å². The summed E-state index contributed by atoms with van der Waals surface area (Å²) >= 11 is 0. The van der Waals surface area contributed by atoms with Crippen molar-refractivity contribution in [2.45, 2.75) is 32.5 Å². The molecule has 29 heavy (non-hydrogen) atoms. The van der Waals surface area contributed by atoms with E-state index >= 15 is 0 Å². The summed E-state index contributed by atoms with van der Waals surface area (Å²) in [5, 5.41) is 3.24. The van der Waals surface area contributed by atoms with Crippen LogP contribution in [0.5, 0.6) is 0 Å². The Labute approximate surface area is 172 Å². The smallest absolute Gasteiger partial charge is 0.410 e. The molecule has 0 bridgehead atoms. The van der Waals surface area contributed by atoms with Gasteiger partial charge in [0, 0.05) is 32.7 Å². The number of rotatable bonds is 7. The summed E-state index contributed by atoms with van der Waals surface area (Å²) in [5.41, 5.74) is 2.01. The van der Waals surface area contributed by atoms with Gasteiger partial charge in [-0.05, 0) is 17.5 Å². The molecule has 2 aromatic rings. The average molecular weight is 396 g/mol. The Kier molecular flexibility index (Phi) is 7.64. The maximum atomic E-state index is 13.3. The van der Waals surface area contributed by atoms with Crippen molar-refractivity contribution in [2.24, 2.45) is 0 Å². The second-order valence-electron chi connectivity index (χ2n) is 7.20. The Hall–Kier alpha value is -2.86. The van der Waals surface area contributed by atoms with Crippen LogP contribution < -0.4 is 5.32 Å². The third-order valence-electron chi connectivity index (χ3n) is 4.99. The van der Waals surface area contributed by atoms with E-state index in [0.29, 0.717) is 32.7 Å². The highest BCUT2D eigenvalue weighted by atomic mass is 16.6. The van der Waals surface area contributed by atoms with Crippen LogP contribution in [0.25, 0.3) is 0 Å². The van der Waals surface area contributed by atoms with Gasteiger partial charge in [0.15, 0.2) is 0 Å². The van der Waals surface area contributed by atoms with Crippen LogP contribution >= 0.6 is 0 Å². The minimum atomic E-state index is -0.553. The lowest BCUT2D eigenvalue weighted by Crippen LogP contribution is -2.60. The van der Waals surface area contributed by atoms with Gasteiger partial charge >= 0.3 is 6.09 Å². The lowest BCUT2D eigenvalue weighted by Gasteiger charge is -2.37. The zero-order chi connectivity index (χ0) is 20.5. The highest BCUT2D eigenvalue weighted by Crippen LogP contribution is 2.14. The standard InChI is InChI=1S/C23H29N3O3/c1-2-14-25(17-19-9-5-3-6-10-19)22(27)21-16-24-13-15-26(21)23(28)29-18-20-11-7-4-8-12-20/h3-12,21,24H,2,13-18H2,1H3. The zero-order valence-corrected chi connectivity index (χ0v) is 16.9. The van der Waals surface area contributed by atoms with E-state index in [-0.39, 0.29) is 12.5 Å². The molecule has 0 saturated carbocycles. The van der Waals surface area contributed by atoms with Crippen LogP contribution in [0.4, 0.5) is 4.79 Å². The van der Waals surface area contributed by atoms with E-state index in [2.05, 4.69) is 12.2 Å². The molecule has 1 aliphatic heterocycles. The predicted octanol–water partition coefficient (Wildman–Crippen LogP) is 3.04. The fourth-order valence-electron chi connectivity index (χ4n) is 3.50. The van der Waals surface area contributed by atoms with Crippen LogP contribution in [0.15, 0.2) is 60.7 Å². The molecule has 1 atom stereocenters. The SMILES string of the molecule is CCCN(Cc1ccccc1)C(=O)C1CNCCN1C(=O)OCc1ccccc1. The molecular formula is C23H29N3O3. The maximum Gasteiger partial charge on any atom is 0.410 e. The van der Waals surface area contributed by atoms with Crippen molar-refractivity contribution in [1.29, 1.82) is 0 Å². The Bertz CT molecular complexity index is 782. The number of nitrogens with zero attached hydrogens (tertiary/aromatic N) is 2. The molecule has 0 spiro atoms.